The third kappa shape index (κ3) is 4.76. The third-order valence-electron chi connectivity index (χ3n) is 3.02. The molecule has 0 saturated heterocycles. The molecule has 22 heavy (non-hydrogen) atoms. The van der Waals surface area contributed by atoms with Crippen LogP contribution in [-0.2, 0) is 0 Å². The number of carbonyl (C=O) groups is 1. The average Bonchev–Trinajstić information content (AvgIpc) is 2.53. The zero-order valence-corrected chi connectivity index (χ0v) is 13.9. The van der Waals surface area contributed by atoms with Crippen molar-refractivity contribution in [3.63, 3.8) is 0 Å². The third-order valence-corrected chi connectivity index (χ3v) is 3.82. The summed E-state index contributed by atoms with van der Waals surface area (Å²) in [7, 11) is 0. The van der Waals surface area contributed by atoms with Crippen molar-refractivity contribution in [2.75, 3.05) is 6.61 Å². The Balaban J connectivity index is 1.92. The lowest BCUT2D eigenvalue weighted by molar-refractivity contribution is 0.00386. The fourth-order valence-corrected chi connectivity index (χ4v) is 2.67. The molecule has 0 spiro atoms. The van der Waals surface area contributed by atoms with Gasteiger partial charge in [0.1, 0.15) is 12.4 Å². The largest absolute Gasteiger partial charge is 0.493 e. The summed E-state index contributed by atoms with van der Waals surface area (Å²) >= 11 is 1.89. The van der Waals surface area contributed by atoms with Crippen LogP contribution in [0.25, 0.3) is 0 Å². The summed E-state index contributed by atoms with van der Waals surface area (Å²) in [4.78, 5) is 11.9. The van der Waals surface area contributed by atoms with Gasteiger partial charge >= 0.3 is 5.92 Å². The Kier molecular flexibility index (Phi) is 5.88. The Morgan fingerprint density at radius 3 is 2.18 bits per heavy atom. The van der Waals surface area contributed by atoms with E-state index in [4.69, 9.17) is 4.74 Å². The highest BCUT2D eigenvalue weighted by atomic mass is 127. The van der Waals surface area contributed by atoms with Crippen molar-refractivity contribution >= 4 is 28.4 Å². The molecule has 1 atom stereocenters. The number of ether oxygens (including phenoxy) is 1. The summed E-state index contributed by atoms with van der Waals surface area (Å²) in [5.74, 6) is -3.91. The SMILES string of the molecule is O=C(c1ccccc1)C(F)(F)CC(I)COc1ccccc1. The zero-order valence-electron chi connectivity index (χ0n) is 11.7. The number of hydrogen-bond donors (Lipinski definition) is 0. The van der Waals surface area contributed by atoms with Gasteiger partial charge in [0.05, 0.1) is 3.92 Å². The van der Waals surface area contributed by atoms with Gasteiger partial charge in [-0.05, 0) is 12.1 Å². The van der Waals surface area contributed by atoms with Gasteiger partial charge < -0.3 is 4.74 Å². The van der Waals surface area contributed by atoms with Crippen molar-refractivity contribution in [3.05, 3.63) is 66.2 Å². The molecule has 0 radical (unpaired) electrons. The van der Waals surface area contributed by atoms with E-state index in [0.29, 0.717) is 5.75 Å². The minimum atomic E-state index is -3.40. The van der Waals surface area contributed by atoms with Gasteiger partial charge in [-0.1, -0.05) is 71.1 Å². The highest BCUT2D eigenvalue weighted by molar-refractivity contribution is 14.1. The van der Waals surface area contributed by atoms with Crippen LogP contribution < -0.4 is 4.74 Å². The summed E-state index contributed by atoms with van der Waals surface area (Å²) < 4.78 is 33.1. The molecule has 0 heterocycles. The Labute approximate surface area is 141 Å². The Morgan fingerprint density at radius 1 is 1.05 bits per heavy atom. The topological polar surface area (TPSA) is 26.3 Å². The van der Waals surface area contributed by atoms with E-state index in [-0.39, 0.29) is 12.2 Å². The van der Waals surface area contributed by atoms with Crippen LogP contribution in [0.3, 0.4) is 0 Å². The van der Waals surface area contributed by atoms with Gasteiger partial charge in [-0.15, -0.1) is 0 Å². The molecule has 0 aliphatic carbocycles. The average molecular weight is 416 g/mol. The second-order valence-corrected chi connectivity index (χ2v) is 6.59. The molecule has 0 amide bonds. The second-order valence-electron chi connectivity index (χ2n) is 4.83. The summed E-state index contributed by atoms with van der Waals surface area (Å²) in [5, 5.41) is 0. The lowest BCUT2D eigenvalue weighted by Crippen LogP contribution is -2.33. The van der Waals surface area contributed by atoms with Gasteiger partial charge in [0, 0.05) is 12.0 Å². The number of Topliss-reactive ketones (excluding diaryl/α,β-unsaturated/α-hetero) is 1. The van der Waals surface area contributed by atoms with E-state index < -0.39 is 22.1 Å². The maximum absolute atomic E-state index is 14.1. The smallest absolute Gasteiger partial charge is 0.310 e. The van der Waals surface area contributed by atoms with Crippen molar-refractivity contribution in [3.8, 4) is 5.75 Å². The van der Waals surface area contributed by atoms with E-state index in [1.807, 2.05) is 40.8 Å². The van der Waals surface area contributed by atoms with Gasteiger partial charge in [-0.2, -0.15) is 8.78 Å². The highest BCUT2D eigenvalue weighted by Gasteiger charge is 2.40. The number of ketones is 1. The number of carbonyl (C=O) groups excluding carboxylic acids is 1. The molecule has 2 aromatic carbocycles. The molecule has 0 bridgehead atoms. The molecule has 2 nitrogen and oxygen atoms in total. The lowest BCUT2D eigenvalue weighted by atomic mass is 10.0. The predicted molar refractivity (Wildman–Crippen MR) is 90.1 cm³/mol. The van der Waals surface area contributed by atoms with Crippen molar-refractivity contribution in [1.82, 2.24) is 0 Å². The Hall–Kier alpha value is -1.50. The monoisotopic (exact) mass is 416 g/mol. The van der Waals surface area contributed by atoms with Gasteiger partial charge in [-0.25, -0.2) is 0 Å². The van der Waals surface area contributed by atoms with Crippen molar-refractivity contribution in [2.45, 2.75) is 16.3 Å². The molecule has 2 rings (SSSR count). The molecule has 0 aromatic heterocycles. The Morgan fingerprint density at radius 2 is 1.59 bits per heavy atom. The van der Waals surface area contributed by atoms with Gasteiger partial charge in [0.2, 0.25) is 5.78 Å². The maximum Gasteiger partial charge on any atom is 0.310 e. The molecule has 0 aliphatic rings. The van der Waals surface area contributed by atoms with E-state index in [1.165, 1.54) is 12.1 Å². The first-order valence-electron chi connectivity index (χ1n) is 6.78. The fourth-order valence-electron chi connectivity index (χ4n) is 1.93. The minimum absolute atomic E-state index is 0.0278. The van der Waals surface area contributed by atoms with E-state index in [2.05, 4.69) is 0 Å². The zero-order chi connectivity index (χ0) is 16.0. The van der Waals surface area contributed by atoms with Crippen molar-refractivity contribution in [2.24, 2.45) is 0 Å². The number of halogens is 3. The van der Waals surface area contributed by atoms with E-state index in [9.17, 15) is 13.6 Å². The maximum atomic E-state index is 14.1. The molecule has 0 saturated carbocycles. The fraction of sp³-hybridized carbons (Fsp3) is 0.235. The number of alkyl halides is 3. The van der Waals surface area contributed by atoms with Crippen LogP contribution in [0.15, 0.2) is 60.7 Å². The van der Waals surface area contributed by atoms with Gasteiger partial charge in [0.15, 0.2) is 0 Å². The van der Waals surface area contributed by atoms with Crippen LogP contribution >= 0.6 is 22.6 Å². The first kappa shape index (κ1) is 16.9. The van der Waals surface area contributed by atoms with Gasteiger partial charge in [-0.3, -0.25) is 4.79 Å². The van der Waals surface area contributed by atoms with Crippen LogP contribution in [-0.4, -0.2) is 22.2 Å². The van der Waals surface area contributed by atoms with E-state index in [0.717, 1.165) is 0 Å². The normalized spacial score (nSPS) is 12.7. The molecule has 116 valence electrons. The molecule has 0 fully saturated rings. The summed E-state index contributed by atoms with van der Waals surface area (Å²) in [5.41, 5.74) is 0.0278. The van der Waals surface area contributed by atoms with Crippen LogP contribution in [0.1, 0.15) is 16.8 Å². The van der Waals surface area contributed by atoms with Crippen molar-refractivity contribution < 1.29 is 18.3 Å². The van der Waals surface area contributed by atoms with Crippen LogP contribution in [0.4, 0.5) is 8.78 Å². The van der Waals surface area contributed by atoms with E-state index in [1.54, 1.807) is 30.3 Å². The molecule has 5 heteroatoms. The van der Waals surface area contributed by atoms with E-state index >= 15 is 0 Å². The number of hydrogen-bond acceptors (Lipinski definition) is 2. The number of benzene rings is 2. The number of para-hydroxylation sites is 1. The molecule has 2 aromatic rings. The quantitative estimate of drug-likeness (QED) is 0.369. The van der Waals surface area contributed by atoms with Crippen molar-refractivity contribution in [1.29, 1.82) is 0 Å². The van der Waals surface area contributed by atoms with Gasteiger partial charge in [0.25, 0.3) is 0 Å². The standard InChI is InChI=1S/C17H15F2IO2/c18-17(19,16(21)13-7-3-1-4-8-13)11-14(20)12-22-15-9-5-2-6-10-15/h1-10,14H,11-12H2. The number of rotatable bonds is 7. The minimum Gasteiger partial charge on any atom is -0.493 e. The van der Waals surface area contributed by atoms with Crippen LogP contribution in [0.5, 0.6) is 5.75 Å². The predicted octanol–water partition coefficient (Wildman–Crippen LogP) is 4.78. The first-order chi connectivity index (χ1) is 10.5. The molecular formula is C17H15F2IO2. The molecular weight excluding hydrogens is 401 g/mol. The van der Waals surface area contributed by atoms with Crippen LogP contribution in [0, 0.1) is 0 Å². The first-order valence-corrected chi connectivity index (χ1v) is 8.03. The Bertz CT molecular complexity index is 603. The summed E-state index contributed by atoms with van der Waals surface area (Å²) in [6.45, 7) is 0.127. The van der Waals surface area contributed by atoms with Crippen LogP contribution in [0.2, 0.25) is 0 Å². The second kappa shape index (κ2) is 7.67. The highest BCUT2D eigenvalue weighted by Crippen LogP contribution is 2.28. The molecule has 0 aliphatic heterocycles. The molecule has 0 N–H and O–H groups in total. The summed E-state index contributed by atoms with van der Waals surface area (Å²) in [6.07, 6.45) is -0.547. The summed E-state index contributed by atoms with van der Waals surface area (Å²) in [6, 6.07) is 16.6. The lowest BCUT2D eigenvalue weighted by Gasteiger charge is -2.19. The molecule has 1 unspecified atom stereocenters.